The molecule has 1 fully saturated rings. The molecule has 1 aromatic carbocycles. The predicted octanol–water partition coefficient (Wildman–Crippen LogP) is 3.34. The smallest absolute Gasteiger partial charge is 0.267 e. The number of carbonyl (C=O) groups is 1. The minimum atomic E-state index is -0.193. The Hall–Kier alpha value is -3.11. The molecule has 31 heavy (non-hydrogen) atoms. The second kappa shape index (κ2) is 9.36. The lowest BCUT2D eigenvalue weighted by molar-refractivity contribution is 0.103. The number of aromatic nitrogens is 4. The average Bonchev–Trinajstić information content (AvgIpc) is 3.25. The Kier molecular flexibility index (Phi) is 6.38. The maximum atomic E-state index is 12.7. The average molecular weight is 440 g/mol. The summed E-state index contributed by atoms with van der Waals surface area (Å²) in [6.45, 7) is 8.74. The minimum Gasteiger partial charge on any atom is -0.378 e. The number of rotatable bonds is 6. The highest BCUT2D eigenvalue weighted by atomic mass is 32.1. The van der Waals surface area contributed by atoms with Crippen LogP contribution in [0.5, 0.6) is 0 Å². The molecule has 1 amide bonds. The Morgan fingerprint density at radius 3 is 2.61 bits per heavy atom. The van der Waals surface area contributed by atoms with Crippen LogP contribution in [0, 0.1) is 13.8 Å². The van der Waals surface area contributed by atoms with Gasteiger partial charge in [-0.05, 0) is 25.0 Å². The van der Waals surface area contributed by atoms with Gasteiger partial charge in [0.2, 0.25) is 11.9 Å². The number of para-hydroxylation sites is 1. The van der Waals surface area contributed by atoms with Crippen LogP contribution in [0.2, 0.25) is 0 Å². The Labute approximate surface area is 184 Å². The molecule has 0 spiro atoms. The quantitative estimate of drug-likeness (QED) is 0.603. The zero-order valence-electron chi connectivity index (χ0n) is 17.8. The molecule has 162 valence electrons. The second-order valence-corrected chi connectivity index (χ2v) is 8.23. The van der Waals surface area contributed by atoms with Crippen LogP contribution in [-0.4, -0.2) is 52.1 Å². The highest BCUT2D eigenvalue weighted by molar-refractivity contribution is 7.17. The van der Waals surface area contributed by atoms with Gasteiger partial charge < -0.3 is 15.0 Å². The van der Waals surface area contributed by atoms with Gasteiger partial charge in [-0.3, -0.25) is 10.1 Å². The molecule has 3 heterocycles. The summed E-state index contributed by atoms with van der Waals surface area (Å²) in [7, 11) is 0. The van der Waals surface area contributed by atoms with E-state index >= 15 is 0 Å². The Morgan fingerprint density at radius 2 is 1.90 bits per heavy atom. The number of benzene rings is 1. The Morgan fingerprint density at radius 1 is 1.16 bits per heavy atom. The predicted molar refractivity (Wildman–Crippen MR) is 122 cm³/mol. The number of nitrogens with zero attached hydrogens (tertiary/aromatic N) is 5. The van der Waals surface area contributed by atoms with E-state index < -0.39 is 0 Å². The van der Waals surface area contributed by atoms with Gasteiger partial charge in [-0.15, -0.1) is 0 Å². The molecule has 1 saturated heterocycles. The van der Waals surface area contributed by atoms with Crippen molar-refractivity contribution < 1.29 is 9.53 Å². The van der Waals surface area contributed by atoms with Crippen molar-refractivity contribution in [2.75, 3.05) is 41.8 Å². The van der Waals surface area contributed by atoms with Crippen LogP contribution in [0.4, 0.5) is 22.7 Å². The first-order valence-corrected chi connectivity index (χ1v) is 11.0. The van der Waals surface area contributed by atoms with E-state index in [4.69, 9.17) is 4.74 Å². The zero-order chi connectivity index (χ0) is 21.8. The summed E-state index contributed by atoms with van der Waals surface area (Å²) >= 11 is 1.25. The van der Waals surface area contributed by atoms with Crippen LogP contribution >= 0.6 is 11.3 Å². The summed E-state index contributed by atoms with van der Waals surface area (Å²) in [5, 5.41) is 6.66. The van der Waals surface area contributed by atoms with E-state index in [1.807, 2.05) is 39.0 Å². The Balaban J connectivity index is 1.50. The topological polar surface area (TPSA) is 105 Å². The van der Waals surface area contributed by atoms with Crippen LogP contribution in [-0.2, 0) is 11.2 Å². The number of anilines is 4. The standard InChI is InChI=1S/C21H25N7O2S/c1-4-16-23-19(26-20(24-16)28-8-10-30-11-9-28)27-21-22-12-15(31-21)18(29)25-17-13(2)6-5-7-14(17)3/h5-7,12H,4,8-11H2,1-3H3,(H,25,29)(H,22,23,24,26,27). The van der Waals surface area contributed by atoms with Gasteiger partial charge in [-0.2, -0.15) is 15.0 Å². The van der Waals surface area contributed by atoms with E-state index in [0.29, 0.717) is 47.4 Å². The van der Waals surface area contributed by atoms with E-state index in [9.17, 15) is 4.79 Å². The van der Waals surface area contributed by atoms with Gasteiger partial charge >= 0.3 is 0 Å². The van der Waals surface area contributed by atoms with Gasteiger partial charge in [0.05, 0.1) is 19.4 Å². The summed E-state index contributed by atoms with van der Waals surface area (Å²) in [5.41, 5.74) is 2.86. The van der Waals surface area contributed by atoms with Crippen molar-refractivity contribution in [3.63, 3.8) is 0 Å². The van der Waals surface area contributed by atoms with E-state index in [0.717, 1.165) is 29.9 Å². The van der Waals surface area contributed by atoms with E-state index in [1.165, 1.54) is 11.3 Å². The van der Waals surface area contributed by atoms with Gasteiger partial charge in [0.15, 0.2) is 5.13 Å². The highest BCUT2D eigenvalue weighted by Crippen LogP contribution is 2.25. The molecule has 4 rings (SSSR count). The van der Waals surface area contributed by atoms with Crippen LogP contribution < -0.4 is 15.5 Å². The molecule has 0 atom stereocenters. The van der Waals surface area contributed by atoms with Crippen LogP contribution in [0.1, 0.15) is 33.5 Å². The second-order valence-electron chi connectivity index (χ2n) is 7.20. The molecule has 3 aromatic rings. The highest BCUT2D eigenvalue weighted by Gasteiger charge is 2.18. The Bertz CT molecular complexity index is 1060. The fourth-order valence-corrected chi connectivity index (χ4v) is 3.95. The largest absolute Gasteiger partial charge is 0.378 e. The van der Waals surface area contributed by atoms with E-state index in [-0.39, 0.29) is 5.91 Å². The van der Waals surface area contributed by atoms with Gasteiger partial charge in [0.25, 0.3) is 5.91 Å². The number of nitrogens with one attached hydrogen (secondary N) is 2. The zero-order valence-corrected chi connectivity index (χ0v) is 18.6. The van der Waals surface area contributed by atoms with Gasteiger partial charge in [-0.1, -0.05) is 36.5 Å². The van der Waals surface area contributed by atoms with Gasteiger partial charge in [0, 0.05) is 25.2 Å². The van der Waals surface area contributed by atoms with Crippen LogP contribution in [0.3, 0.4) is 0 Å². The van der Waals surface area contributed by atoms with Gasteiger partial charge in [0.1, 0.15) is 10.7 Å². The summed E-state index contributed by atoms with van der Waals surface area (Å²) in [6, 6.07) is 5.92. The number of ether oxygens (including phenoxy) is 1. The van der Waals surface area contributed by atoms with Crippen LogP contribution in [0.15, 0.2) is 24.4 Å². The molecule has 9 nitrogen and oxygen atoms in total. The molecule has 2 aromatic heterocycles. The monoisotopic (exact) mass is 439 g/mol. The third-order valence-electron chi connectivity index (χ3n) is 4.95. The van der Waals surface area contributed by atoms with Gasteiger partial charge in [-0.25, -0.2) is 4.98 Å². The maximum absolute atomic E-state index is 12.7. The number of carbonyl (C=O) groups excluding carboxylic acids is 1. The lowest BCUT2D eigenvalue weighted by Gasteiger charge is -2.27. The number of amides is 1. The normalized spacial score (nSPS) is 13.8. The number of hydrogen-bond donors (Lipinski definition) is 2. The third-order valence-corrected chi connectivity index (χ3v) is 5.86. The minimum absolute atomic E-state index is 0.193. The number of aryl methyl sites for hydroxylation is 3. The molecular formula is C21H25N7O2S. The summed E-state index contributed by atoms with van der Waals surface area (Å²) < 4.78 is 5.41. The molecule has 0 radical (unpaired) electrons. The first-order chi connectivity index (χ1) is 15.0. The first kappa shape index (κ1) is 21.1. The molecule has 0 saturated carbocycles. The van der Waals surface area contributed by atoms with Crippen molar-refractivity contribution in [3.05, 3.63) is 46.2 Å². The van der Waals surface area contributed by atoms with Crippen molar-refractivity contribution in [1.29, 1.82) is 0 Å². The first-order valence-electron chi connectivity index (χ1n) is 10.2. The van der Waals surface area contributed by atoms with Crippen molar-refractivity contribution >= 4 is 40.0 Å². The number of hydrogen-bond acceptors (Lipinski definition) is 9. The molecule has 10 heteroatoms. The molecule has 1 aliphatic heterocycles. The molecule has 0 bridgehead atoms. The summed E-state index contributed by atoms with van der Waals surface area (Å²) in [5.74, 6) is 1.55. The molecule has 1 aliphatic rings. The van der Waals surface area contributed by atoms with Crippen molar-refractivity contribution in [2.45, 2.75) is 27.2 Å². The number of morpholine rings is 1. The maximum Gasteiger partial charge on any atom is 0.267 e. The fourth-order valence-electron chi connectivity index (χ4n) is 3.25. The summed E-state index contributed by atoms with van der Waals surface area (Å²) in [4.78, 5) is 33.2. The number of thiazole rings is 1. The van der Waals surface area contributed by atoms with Crippen molar-refractivity contribution in [1.82, 2.24) is 19.9 Å². The lowest BCUT2D eigenvalue weighted by atomic mass is 10.1. The lowest BCUT2D eigenvalue weighted by Crippen LogP contribution is -2.37. The third kappa shape index (κ3) is 4.97. The molecule has 0 aliphatic carbocycles. The molecule has 0 unspecified atom stereocenters. The van der Waals surface area contributed by atoms with Crippen LogP contribution in [0.25, 0.3) is 0 Å². The molecular weight excluding hydrogens is 414 g/mol. The summed E-state index contributed by atoms with van der Waals surface area (Å²) in [6.07, 6.45) is 2.25. The SMILES string of the molecule is CCc1nc(Nc2ncc(C(=O)Nc3c(C)cccc3C)s2)nc(N2CCOCC2)n1. The van der Waals surface area contributed by atoms with Crippen molar-refractivity contribution in [3.8, 4) is 0 Å². The molecule has 2 N–H and O–H groups in total. The fraction of sp³-hybridized carbons (Fsp3) is 0.381. The van der Waals surface area contributed by atoms with Crippen molar-refractivity contribution in [2.24, 2.45) is 0 Å². The van der Waals surface area contributed by atoms with E-state index in [1.54, 1.807) is 6.20 Å². The van der Waals surface area contributed by atoms with E-state index in [2.05, 4.69) is 35.5 Å².